The quantitative estimate of drug-likeness (QED) is 0.915. The molecule has 0 bridgehead atoms. The normalized spacial score (nSPS) is 15.9. The van der Waals surface area contributed by atoms with Crippen LogP contribution in [-0.2, 0) is 4.79 Å². The van der Waals surface area contributed by atoms with E-state index in [2.05, 4.69) is 5.32 Å². The maximum Gasteiger partial charge on any atom is 0.224 e. The number of carbonyl (C=O) groups is 1. The minimum absolute atomic E-state index is 0.261. The van der Waals surface area contributed by atoms with E-state index in [1.165, 1.54) is 12.8 Å². The third-order valence-corrected chi connectivity index (χ3v) is 3.69. The summed E-state index contributed by atoms with van der Waals surface area (Å²) in [6, 6.07) is 7.58. The van der Waals surface area contributed by atoms with Gasteiger partial charge in [0.2, 0.25) is 5.91 Å². The first-order valence-corrected chi connectivity index (χ1v) is 7.41. The van der Waals surface area contributed by atoms with Crippen LogP contribution in [0.3, 0.4) is 0 Å². The maximum absolute atomic E-state index is 12.1. The van der Waals surface area contributed by atoms with E-state index in [1.807, 2.05) is 29.2 Å². The summed E-state index contributed by atoms with van der Waals surface area (Å²) in [5.41, 5.74) is 0.969. The molecule has 104 valence electrons. The summed E-state index contributed by atoms with van der Waals surface area (Å²) in [4.78, 5) is 14.1. The lowest BCUT2D eigenvalue weighted by atomic mass is 10.2. The molecule has 19 heavy (non-hydrogen) atoms. The molecule has 3 nitrogen and oxygen atoms in total. The van der Waals surface area contributed by atoms with E-state index in [0.29, 0.717) is 18.0 Å². The fourth-order valence-electron chi connectivity index (χ4n) is 2.39. The Bertz CT molecular complexity index is 414. The van der Waals surface area contributed by atoms with Crippen LogP contribution in [0.15, 0.2) is 24.3 Å². The van der Waals surface area contributed by atoms with Gasteiger partial charge in [0.25, 0.3) is 0 Å². The van der Waals surface area contributed by atoms with Crippen LogP contribution in [0.5, 0.6) is 0 Å². The number of carbonyl (C=O) groups excluding carboxylic acids is 1. The molecule has 0 saturated carbocycles. The Morgan fingerprint density at radius 3 is 2.63 bits per heavy atom. The van der Waals surface area contributed by atoms with E-state index >= 15 is 0 Å². The van der Waals surface area contributed by atoms with Gasteiger partial charge in [-0.2, -0.15) is 0 Å². The average molecular weight is 281 g/mol. The fraction of sp³-hybridized carbons (Fsp3) is 0.533. The van der Waals surface area contributed by atoms with Crippen LogP contribution in [0.4, 0.5) is 5.69 Å². The van der Waals surface area contributed by atoms with Crippen LogP contribution in [-0.4, -0.2) is 30.4 Å². The van der Waals surface area contributed by atoms with Gasteiger partial charge < -0.3 is 10.2 Å². The number of rotatable bonds is 4. The van der Waals surface area contributed by atoms with Gasteiger partial charge in [0.1, 0.15) is 0 Å². The number of hydrogen-bond donors (Lipinski definition) is 1. The molecule has 1 amide bonds. The number of hydrogen-bond acceptors (Lipinski definition) is 2. The Morgan fingerprint density at radius 2 is 1.95 bits per heavy atom. The highest BCUT2D eigenvalue weighted by molar-refractivity contribution is 6.30. The standard InChI is InChI=1S/C15H21ClN2O/c16-13-6-5-7-14(12-13)17-9-8-15(19)18-10-3-1-2-4-11-18/h5-7,12,17H,1-4,8-11H2. The molecule has 1 heterocycles. The molecule has 1 N–H and O–H groups in total. The highest BCUT2D eigenvalue weighted by Crippen LogP contribution is 2.15. The second-order valence-electron chi connectivity index (χ2n) is 4.98. The van der Waals surface area contributed by atoms with Gasteiger partial charge in [-0.1, -0.05) is 30.5 Å². The molecular formula is C15H21ClN2O. The van der Waals surface area contributed by atoms with Crippen molar-refractivity contribution < 1.29 is 4.79 Å². The minimum atomic E-state index is 0.261. The predicted octanol–water partition coefficient (Wildman–Crippen LogP) is 3.54. The van der Waals surface area contributed by atoms with E-state index in [-0.39, 0.29) is 5.91 Å². The van der Waals surface area contributed by atoms with Crippen molar-refractivity contribution in [2.45, 2.75) is 32.1 Å². The number of anilines is 1. The summed E-state index contributed by atoms with van der Waals surface area (Å²) in [6.45, 7) is 2.52. The van der Waals surface area contributed by atoms with E-state index in [9.17, 15) is 4.79 Å². The zero-order valence-corrected chi connectivity index (χ0v) is 12.0. The Balaban J connectivity index is 1.74. The van der Waals surface area contributed by atoms with Gasteiger partial charge in [0.05, 0.1) is 0 Å². The lowest BCUT2D eigenvalue weighted by Crippen LogP contribution is -2.32. The second-order valence-corrected chi connectivity index (χ2v) is 5.42. The van der Waals surface area contributed by atoms with E-state index < -0.39 is 0 Å². The smallest absolute Gasteiger partial charge is 0.224 e. The van der Waals surface area contributed by atoms with E-state index in [4.69, 9.17) is 11.6 Å². The van der Waals surface area contributed by atoms with Gasteiger partial charge in [-0.25, -0.2) is 0 Å². The van der Waals surface area contributed by atoms with Crippen LogP contribution in [0, 0.1) is 0 Å². The maximum atomic E-state index is 12.1. The topological polar surface area (TPSA) is 32.3 Å². The molecule has 0 aromatic heterocycles. The molecule has 2 rings (SSSR count). The van der Waals surface area contributed by atoms with E-state index in [1.54, 1.807) is 0 Å². The van der Waals surface area contributed by atoms with Crippen molar-refractivity contribution in [1.82, 2.24) is 4.90 Å². The molecule has 1 aromatic rings. The van der Waals surface area contributed by atoms with Gasteiger partial charge in [-0.3, -0.25) is 4.79 Å². The van der Waals surface area contributed by atoms with Gasteiger partial charge in [-0.05, 0) is 31.0 Å². The number of halogens is 1. The third kappa shape index (κ3) is 4.75. The minimum Gasteiger partial charge on any atom is -0.384 e. The van der Waals surface area contributed by atoms with Crippen molar-refractivity contribution in [3.05, 3.63) is 29.3 Å². The Hall–Kier alpha value is -1.22. The number of nitrogens with zero attached hydrogens (tertiary/aromatic N) is 1. The zero-order valence-electron chi connectivity index (χ0n) is 11.2. The Morgan fingerprint density at radius 1 is 1.21 bits per heavy atom. The number of amides is 1. The van der Waals surface area contributed by atoms with Gasteiger partial charge in [0, 0.05) is 36.8 Å². The molecule has 1 saturated heterocycles. The molecular weight excluding hydrogens is 260 g/mol. The second kappa shape index (κ2) is 7.39. The lowest BCUT2D eigenvalue weighted by molar-refractivity contribution is -0.130. The SMILES string of the molecule is O=C(CCNc1cccc(Cl)c1)N1CCCCCC1. The average Bonchev–Trinajstić information content (AvgIpc) is 2.67. The van der Waals surface area contributed by atoms with Gasteiger partial charge in [-0.15, -0.1) is 0 Å². The van der Waals surface area contributed by atoms with E-state index in [0.717, 1.165) is 31.6 Å². The molecule has 1 aliphatic rings. The predicted molar refractivity (Wildman–Crippen MR) is 79.6 cm³/mol. The summed E-state index contributed by atoms with van der Waals surface area (Å²) in [5.74, 6) is 0.261. The van der Waals surface area contributed by atoms with Crippen LogP contribution < -0.4 is 5.32 Å². The fourth-order valence-corrected chi connectivity index (χ4v) is 2.58. The summed E-state index contributed by atoms with van der Waals surface area (Å²) in [7, 11) is 0. The summed E-state index contributed by atoms with van der Waals surface area (Å²) in [5, 5.41) is 3.95. The van der Waals surface area contributed by atoms with Crippen molar-refractivity contribution in [3.8, 4) is 0 Å². The highest BCUT2D eigenvalue weighted by Gasteiger charge is 2.14. The summed E-state index contributed by atoms with van der Waals surface area (Å²) in [6.07, 6.45) is 5.35. The molecule has 0 unspecified atom stereocenters. The first-order chi connectivity index (χ1) is 9.25. The monoisotopic (exact) mass is 280 g/mol. The van der Waals surface area contributed by atoms with Gasteiger partial charge >= 0.3 is 0 Å². The first-order valence-electron chi connectivity index (χ1n) is 7.03. The summed E-state index contributed by atoms with van der Waals surface area (Å²) < 4.78 is 0. The van der Waals surface area contributed by atoms with Crippen LogP contribution in [0.1, 0.15) is 32.1 Å². The molecule has 1 aromatic carbocycles. The largest absolute Gasteiger partial charge is 0.384 e. The zero-order chi connectivity index (χ0) is 13.5. The Kier molecular flexibility index (Phi) is 5.52. The molecule has 1 aliphatic heterocycles. The number of likely N-dealkylation sites (tertiary alicyclic amines) is 1. The molecule has 0 spiro atoms. The molecule has 0 aliphatic carbocycles. The lowest BCUT2D eigenvalue weighted by Gasteiger charge is -2.20. The number of benzene rings is 1. The van der Waals surface area contributed by atoms with Crippen molar-refractivity contribution in [3.63, 3.8) is 0 Å². The highest BCUT2D eigenvalue weighted by atomic mass is 35.5. The Labute approximate surface area is 119 Å². The molecule has 0 radical (unpaired) electrons. The number of nitrogens with one attached hydrogen (secondary N) is 1. The van der Waals surface area contributed by atoms with Gasteiger partial charge in [0.15, 0.2) is 0 Å². The molecule has 1 fully saturated rings. The first kappa shape index (κ1) is 14.2. The third-order valence-electron chi connectivity index (χ3n) is 3.45. The van der Waals surface area contributed by atoms with Crippen LogP contribution in [0.25, 0.3) is 0 Å². The summed E-state index contributed by atoms with van der Waals surface area (Å²) >= 11 is 5.91. The van der Waals surface area contributed by atoms with Crippen molar-refractivity contribution >= 4 is 23.2 Å². The molecule has 4 heteroatoms. The van der Waals surface area contributed by atoms with Crippen molar-refractivity contribution in [2.24, 2.45) is 0 Å². The van der Waals surface area contributed by atoms with Crippen LogP contribution in [0.2, 0.25) is 5.02 Å². The van der Waals surface area contributed by atoms with Crippen molar-refractivity contribution in [1.29, 1.82) is 0 Å². The molecule has 0 atom stereocenters. The van der Waals surface area contributed by atoms with Crippen molar-refractivity contribution in [2.75, 3.05) is 25.0 Å². The van der Waals surface area contributed by atoms with Crippen LogP contribution >= 0.6 is 11.6 Å².